The van der Waals surface area contributed by atoms with E-state index in [2.05, 4.69) is 16.0 Å². The minimum Gasteiger partial charge on any atom is -0.493 e. The van der Waals surface area contributed by atoms with Crippen molar-refractivity contribution in [2.24, 2.45) is 11.7 Å². The number of ether oxygens (including phenoxy) is 1. The van der Waals surface area contributed by atoms with Crippen LogP contribution in [0.2, 0.25) is 0 Å². The number of pyridine rings is 1. The van der Waals surface area contributed by atoms with E-state index in [0.717, 1.165) is 36.8 Å². The smallest absolute Gasteiger partial charge is 0.160 e. The molecule has 1 saturated heterocycles. The Morgan fingerprint density at radius 1 is 1.62 bits per heavy atom. The quantitative estimate of drug-likeness (QED) is 0.833. The fourth-order valence-corrected chi connectivity index (χ4v) is 2.18. The van der Waals surface area contributed by atoms with Gasteiger partial charge in [-0.15, -0.1) is 0 Å². The summed E-state index contributed by atoms with van der Waals surface area (Å²) in [5, 5.41) is 0. The Bertz CT molecular complexity index is 367. The van der Waals surface area contributed by atoms with Crippen molar-refractivity contribution in [2.45, 2.75) is 13.3 Å². The molecule has 1 fully saturated rings. The van der Waals surface area contributed by atoms with Crippen LogP contribution in [0.1, 0.15) is 12.1 Å². The maximum Gasteiger partial charge on any atom is 0.160 e. The van der Waals surface area contributed by atoms with E-state index in [1.807, 2.05) is 6.92 Å². The summed E-state index contributed by atoms with van der Waals surface area (Å²) in [7, 11) is 1.69. The predicted molar refractivity (Wildman–Crippen MR) is 64.9 cm³/mol. The van der Waals surface area contributed by atoms with E-state index in [1.54, 1.807) is 13.3 Å². The fraction of sp³-hybridized carbons (Fsp3) is 0.583. The molecular formula is C12H19N3O. The first-order valence-electron chi connectivity index (χ1n) is 5.70. The van der Waals surface area contributed by atoms with Gasteiger partial charge in [-0.25, -0.2) is 0 Å². The van der Waals surface area contributed by atoms with Crippen LogP contribution in [0.5, 0.6) is 5.75 Å². The maximum absolute atomic E-state index is 5.70. The molecule has 88 valence electrons. The molecule has 0 spiro atoms. The number of anilines is 1. The van der Waals surface area contributed by atoms with Gasteiger partial charge in [-0.2, -0.15) is 0 Å². The zero-order valence-electron chi connectivity index (χ0n) is 9.94. The molecule has 0 radical (unpaired) electrons. The molecule has 0 amide bonds. The van der Waals surface area contributed by atoms with Crippen LogP contribution in [0.25, 0.3) is 0 Å². The Morgan fingerprint density at radius 2 is 2.44 bits per heavy atom. The lowest BCUT2D eigenvalue weighted by atomic mass is 10.1. The Kier molecular flexibility index (Phi) is 3.29. The molecule has 1 aromatic rings. The van der Waals surface area contributed by atoms with Crippen LogP contribution in [0.15, 0.2) is 12.3 Å². The van der Waals surface area contributed by atoms with E-state index < -0.39 is 0 Å². The summed E-state index contributed by atoms with van der Waals surface area (Å²) in [5.41, 5.74) is 7.87. The van der Waals surface area contributed by atoms with E-state index in [9.17, 15) is 0 Å². The topological polar surface area (TPSA) is 51.4 Å². The van der Waals surface area contributed by atoms with E-state index in [-0.39, 0.29) is 0 Å². The molecule has 0 aromatic carbocycles. The zero-order valence-corrected chi connectivity index (χ0v) is 9.94. The van der Waals surface area contributed by atoms with Gasteiger partial charge in [0.15, 0.2) is 5.75 Å². The summed E-state index contributed by atoms with van der Waals surface area (Å²) in [6, 6.07) is 2.08. The van der Waals surface area contributed by atoms with Crippen LogP contribution in [-0.2, 0) is 0 Å². The van der Waals surface area contributed by atoms with Crippen molar-refractivity contribution in [2.75, 3.05) is 31.6 Å². The van der Waals surface area contributed by atoms with Crippen LogP contribution in [0.3, 0.4) is 0 Å². The first kappa shape index (κ1) is 11.2. The summed E-state index contributed by atoms with van der Waals surface area (Å²) >= 11 is 0. The van der Waals surface area contributed by atoms with E-state index in [4.69, 9.17) is 10.5 Å². The van der Waals surface area contributed by atoms with Gasteiger partial charge in [0.25, 0.3) is 0 Å². The minimum atomic E-state index is 0.609. The van der Waals surface area contributed by atoms with Gasteiger partial charge >= 0.3 is 0 Å². The maximum atomic E-state index is 5.70. The summed E-state index contributed by atoms with van der Waals surface area (Å²) < 4.78 is 5.35. The van der Waals surface area contributed by atoms with Crippen molar-refractivity contribution in [1.82, 2.24) is 4.98 Å². The lowest BCUT2D eigenvalue weighted by molar-refractivity contribution is 0.412. The van der Waals surface area contributed by atoms with Gasteiger partial charge in [0.1, 0.15) is 0 Å². The number of hydrogen-bond acceptors (Lipinski definition) is 4. The van der Waals surface area contributed by atoms with Crippen LogP contribution in [0, 0.1) is 12.8 Å². The summed E-state index contributed by atoms with van der Waals surface area (Å²) in [4.78, 5) is 6.58. The molecule has 0 aliphatic carbocycles. The molecule has 0 bridgehead atoms. The monoisotopic (exact) mass is 221 g/mol. The van der Waals surface area contributed by atoms with E-state index >= 15 is 0 Å². The number of aromatic nitrogens is 1. The fourth-order valence-electron chi connectivity index (χ4n) is 2.18. The highest BCUT2D eigenvalue weighted by atomic mass is 16.5. The molecule has 4 heteroatoms. The molecule has 16 heavy (non-hydrogen) atoms. The molecule has 1 atom stereocenters. The van der Waals surface area contributed by atoms with Crippen molar-refractivity contribution in [3.05, 3.63) is 18.0 Å². The summed E-state index contributed by atoms with van der Waals surface area (Å²) in [5.74, 6) is 1.46. The minimum absolute atomic E-state index is 0.609. The first-order chi connectivity index (χ1) is 7.74. The Labute approximate surface area is 96.4 Å². The number of aryl methyl sites for hydroxylation is 1. The van der Waals surface area contributed by atoms with Crippen molar-refractivity contribution >= 4 is 5.69 Å². The third kappa shape index (κ3) is 2.11. The standard InChI is InChI=1S/C12H19N3O/c1-9-5-11(12(16-2)7-14-9)15-4-3-10(6-13)8-15/h5,7,10H,3-4,6,8,13H2,1-2H3. The van der Waals surface area contributed by atoms with Gasteiger partial charge in [0.2, 0.25) is 0 Å². The first-order valence-corrected chi connectivity index (χ1v) is 5.70. The lowest BCUT2D eigenvalue weighted by Gasteiger charge is -2.21. The molecule has 2 rings (SSSR count). The predicted octanol–water partition coefficient (Wildman–Crippen LogP) is 1.18. The molecular weight excluding hydrogens is 202 g/mol. The average Bonchev–Trinajstić information content (AvgIpc) is 2.77. The van der Waals surface area contributed by atoms with Crippen LogP contribution in [-0.4, -0.2) is 31.7 Å². The van der Waals surface area contributed by atoms with E-state index in [1.165, 1.54) is 6.42 Å². The highest BCUT2D eigenvalue weighted by Gasteiger charge is 2.23. The molecule has 4 nitrogen and oxygen atoms in total. The van der Waals surface area contributed by atoms with Gasteiger partial charge in [0, 0.05) is 18.8 Å². The lowest BCUT2D eigenvalue weighted by Crippen LogP contribution is -2.23. The Hall–Kier alpha value is -1.29. The summed E-state index contributed by atoms with van der Waals surface area (Å²) in [6.07, 6.45) is 2.96. The SMILES string of the molecule is COc1cnc(C)cc1N1CCC(CN)C1. The zero-order chi connectivity index (χ0) is 11.5. The van der Waals surface area contributed by atoms with Crippen LogP contribution >= 0.6 is 0 Å². The normalized spacial score (nSPS) is 20.2. The highest BCUT2D eigenvalue weighted by molar-refractivity contribution is 5.58. The largest absolute Gasteiger partial charge is 0.493 e. The van der Waals surface area contributed by atoms with Crippen LogP contribution < -0.4 is 15.4 Å². The third-order valence-electron chi connectivity index (χ3n) is 3.16. The van der Waals surface area contributed by atoms with Gasteiger partial charge in [-0.05, 0) is 31.9 Å². The van der Waals surface area contributed by atoms with Gasteiger partial charge in [-0.3, -0.25) is 4.98 Å². The van der Waals surface area contributed by atoms with Crippen molar-refractivity contribution in [3.8, 4) is 5.75 Å². The molecule has 1 aromatic heterocycles. The number of methoxy groups -OCH3 is 1. The number of rotatable bonds is 3. The van der Waals surface area contributed by atoms with Crippen LogP contribution in [0.4, 0.5) is 5.69 Å². The molecule has 1 aliphatic heterocycles. The Morgan fingerprint density at radius 3 is 3.06 bits per heavy atom. The molecule has 2 N–H and O–H groups in total. The second-order valence-electron chi connectivity index (χ2n) is 4.33. The highest BCUT2D eigenvalue weighted by Crippen LogP contribution is 2.31. The summed E-state index contributed by atoms with van der Waals surface area (Å²) in [6.45, 7) is 4.85. The van der Waals surface area contributed by atoms with Gasteiger partial charge in [0.05, 0.1) is 19.0 Å². The average molecular weight is 221 g/mol. The van der Waals surface area contributed by atoms with Crippen molar-refractivity contribution in [1.29, 1.82) is 0 Å². The van der Waals surface area contributed by atoms with E-state index in [0.29, 0.717) is 5.92 Å². The van der Waals surface area contributed by atoms with Gasteiger partial charge < -0.3 is 15.4 Å². The molecule has 0 saturated carbocycles. The third-order valence-corrected chi connectivity index (χ3v) is 3.16. The number of hydrogen-bond donors (Lipinski definition) is 1. The van der Waals surface area contributed by atoms with Crippen molar-refractivity contribution < 1.29 is 4.74 Å². The number of nitrogens with two attached hydrogens (primary N) is 1. The second kappa shape index (κ2) is 4.70. The second-order valence-corrected chi connectivity index (χ2v) is 4.33. The van der Waals surface area contributed by atoms with Crippen molar-refractivity contribution in [3.63, 3.8) is 0 Å². The molecule has 1 aliphatic rings. The van der Waals surface area contributed by atoms with Gasteiger partial charge in [-0.1, -0.05) is 0 Å². The Balaban J connectivity index is 2.22. The molecule has 2 heterocycles. The molecule has 1 unspecified atom stereocenters. The number of nitrogens with zero attached hydrogens (tertiary/aromatic N) is 2.